The number of rotatable bonds is 4. The van der Waals surface area contributed by atoms with E-state index in [0.717, 1.165) is 0 Å². The van der Waals surface area contributed by atoms with Gasteiger partial charge in [-0.05, 0) is 12.8 Å². The van der Waals surface area contributed by atoms with Crippen LogP contribution in [0.2, 0.25) is 0 Å². The van der Waals surface area contributed by atoms with Crippen molar-refractivity contribution in [3.8, 4) is 0 Å². The second kappa shape index (κ2) is 4.77. The summed E-state index contributed by atoms with van der Waals surface area (Å²) >= 11 is 0. The Hall–Kier alpha value is -0.0800. The Balaban J connectivity index is 3.16. The number of hydrogen-bond acceptors (Lipinski definition) is 2. The summed E-state index contributed by atoms with van der Waals surface area (Å²) in [5.74, 6) is 0.681. The summed E-state index contributed by atoms with van der Waals surface area (Å²) in [7, 11) is 1.69. The molecule has 0 aromatic carbocycles. The second-order valence-corrected chi connectivity index (χ2v) is 2.67. The van der Waals surface area contributed by atoms with Gasteiger partial charge in [0.1, 0.15) is 0 Å². The molecule has 1 N–H and O–H groups in total. The molecule has 0 fully saturated rings. The Morgan fingerprint density at radius 2 is 1.89 bits per heavy atom. The van der Waals surface area contributed by atoms with Gasteiger partial charge >= 0.3 is 0 Å². The van der Waals surface area contributed by atoms with Crippen LogP contribution in [0.3, 0.4) is 0 Å². The smallest absolute Gasteiger partial charge is 0.0963 e. The van der Waals surface area contributed by atoms with E-state index >= 15 is 0 Å². The molecule has 0 spiro atoms. The Labute approximate surface area is 57.6 Å². The lowest BCUT2D eigenvalue weighted by Crippen LogP contribution is -2.32. The van der Waals surface area contributed by atoms with Crippen LogP contribution in [0.4, 0.5) is 0 Å². The molecule has 1 atom stereocenters. The zero-order chi connectivity index (χ0) is 7.28. The second-order valence-electron chi connectivity index (χ2n) is 2.67. The van der Waals surface area contributed by atoms with Crippen LogP contribution >= 0.6 is 0 Å². The highest BCUT2D eigenvalue weighted by atomic mass is 16.5. The highest BCUT2D eigenvalue weighted by Gasteiger charge is 2.03. The Kier molecular flexibility index (Phi) is 4.72. The van der Waals surface area contributed by atoms with Crippen molar-refractivity contribution in [2.75, 3.05) is 13.8 Å². The van der Waals surface area contributed by atoms with Gasteiger partial charge in [-0.1, -0.05) is 13.8 Å². The summed E-state index contributed by atoms with van der Waals surface area (Å²) < 4.78 is 4.85. The van der Waals surface area contributed by atoms with Gasteiger partial charge in [0.05, 0.1) is 6.73 Å². The minimum absolute atomic E-state index is 0.546. The maximum Gasteiger partial charge on any atom is 0.0963 e. The van der Waals surface area contributed by atoms with Gasteiger partial charge in [-0.3, -0.25) is 5.32 Å². The van der Waals surface area contributed by atoms with E-state index in [1.807, 2.05) is 0 Å². The third-order valence-corrected chi connectivity index (χ3v) is 1.55. The lowest BCUT2D eigenvalue weighted by Gasteiger charge is -2.16. The van der Waals surface area contributed by atoms with Crippen molar-refractivity contribution in [3.05, 3.63) is 0 Å². The van der Waals surface area contributed by atoms with Crippen LogP contribution in [0.5, 0.6) is 0 Å². The van der Waals surface area contributed by atoms with Crippen molar-refractivity contribution in [3.63, 3.8) is 0 Å². The molecule has 2 nitrogen and oxygen atoms in total. The molecule has 1 unspecified atom stereocenters. The molecular formula is C7H17NO. The fourth-order valence-electron chi connectivity index (χ4n) is 0.450. The quantitative estimate of drug-likeness (QED) is 0.579. The van der Waals surface area contributed by atoms with Crippen molar-refractivity contribution < 1.29 is 4.74 Å². The van der Waals surface area contributed by atoms with E-state index < -0.39 is 0 Å². The number of methoxy groups -OCH3 is 1. The molecule has 0 aromatic heterocycles. The van der Waals surface area contributed by atoms with E-state index in [2.05, 4.69) is 26.1 Å². The van der Waals surface area contributed by atoms with Crippen molar-refractivity contribution >= 4 is 0 Å². The number of hydrogen-bond donors (Lipinski definition) is 1. The molecule has 0 aromatic rings. The first-order valence-electron chi connectivity index (χ1n) is 3.40. The summed E-state index contributed by atoms with van der Waals surface area (Å²) in [6, 6.07) is 0.546. The standard InChI is InChI=1S/C7H17NO/c1-6(2)7(3)8-5-9-4/h6-8H,5H2,1-4H3. The van der Waals surface area contributed by atoms with Crippen molar-refractivity contribution in [1.29, 1.82) is 0 Å². The minimum atomic E-state index is 0.546. The van der Waals surface area contributed by atoms with E-state index in [4.69, 9.17) is 4.74 Å². The molecule has 2 heteroatoms. The van der Waals surface area contributed by atoms with Gasteiger partial charge in [-0.2, -0.15) is 0 Å². The van der Waals surface area contributed by atoms with Crippen LogP contribution in [-0.4, -0.2) is 19.9 Å². The van der Waals surface area contributed by atoms with Gasteiger partial charge in [0.15, 0.2) is 0 Å². The predicted molar refractivity (Wildman–Crippen MR) is 39.3 cm³/mol. The summed E-state index contributed by atoms with van der Waals surface area (Å²) in [5, 5.41) is 3.21. The zero-order valence-electron chi connectivity index (χ0n) is 6.77. The van der Waals surface area contributed by atoms with Gasteiger partial charge in [0.25, 0.3) is 0 Å². The molecule has 0 bridgehead atoms. The first kappa shape index (κ1) is 8.92. The van der Waals surface area contributed by atoms with Crippen LogP contribution in [0.1, 0.15) is 20.8 Å². The molecule has 0 aliphatic rings. The van der Waals surface area contributed by atoms with Crippen LogP contribution in [0.15, 0.2) is 0 Å². The first-order chi connectivity index (χ1) is 4.18. The molecule has 0 aliphatic heterocycles. The molecule has 0 radical (unpaired) electrons. The summed E-state index contributed by atoms with van der Waals surface area (Å²) in [4.78, 5) is 0. The summed E-state index contributed by atoms with van der Waals surface area (Å²) in [6.45, 7) is 7.18. The molecule has 0 saturated carbocycles. The average molecular weight is 131 g/mol. The van der Waals surface area contributed by atoms with Crippen LogP contribution in [0.25, 0.3) is 0 Å². The Morgan fingerprint density at radius 1 is 1.33 bits per heavy atom. The van der Waals surface area contributed by atoms with E-state index in [9.17, 15) is 0 Å². The molecule has 0 amide bonds. The average Bonchev–Trinajstić information content (AvgIpc) is 1.82. The molecule has 0 aliphatic carbocycles. The monoisotopic (exact) mass is 131 g/mol. The molecular weight excluding hydrogens is 114 g/mol. The molecule has 56 valence electrons. The number of ether oxygens (including phenoxy) is 1. The first-order valence-corrected chi connectivity index (χ1v) is 3.40. The number of nitrogens with one attached hydrogen (secondary N) is 1. The van der Waals surface area contributed by atoms with Gasteiger partial charge in [0.2, 0.25) is 0 Å². The maximum atomic E-state index is 4.85. The van der Waals surface area contributed by atoms with E-state index in [1.54, 1.807) is 7.11 Å². The summed E-state index contributed by atoms with van der Waals surface area (Å²) in [6.07, 6.45) is 0. The fourth-order valence-corrected chi connectivity index (χ4v) is 0.450. The van der Waals surface area contributed by atoms with Gasteiger partial charge < -0.3 is 4.74 Å². The van der Waals surface area contributed by atoms with Gasteiger partial charge in [0, 0.05) is 13.2 Å². The lowest BCUT2D eigenvalue weighted by atomic mass is 10.1. The molecule has 0 saturated heterocycles. The Morgan fingerprint density at radius 3 is 2.22 bits per heavy atom. The zero-order valence-corrected chi connectivity index (χ0v) is 6.77. The van der Waals surface area contributed by atoms with Crippen LogP contribution in [0, 0.1) is 5.92 Å². The Bertz CT molecular complexity index is 63.9. The molecule has 0 heterocycles. The van der Waals surface area contributed by atoms with Crippen molar-refractivity contribution in [2.45, 2.75) is 26.8 Å². The minimum Gasteiger partial charge on any atom is -0.370 e. The van der Waals surface area contributed by atoms with E-state index in [1.165, 1.54) is 0 Å². The summed E-state index contributed by atoms with van der Waals surface area (Å²) in [5.41, 5.74) is 0. The third-order valence-electron chi connectivity index (χ3n) is 1.55. The van der Waals surface area contributed by atoms with Crippen molar-refractivity contribution in [2.24, 2.45) is 5.92 Å². The third kappa shape index (κ3) is 4.43. The fraction of sp³-hybridized carbons (Fsp3) is 1.00. The predicted octanol–water partition coefficient (Wildman–Crippen LogP) is 1.22. The highest BCUT2D eigenvalue weighted by molar-refractivity contribution is 4.60. The molecule has 9 heavy (non-hydrogen) atoms. The van der Waals surface area contributed by atoms with Crippen LogP contribution in [-0.2, 0) is 4.74 Å². The SMILES string of the molecule is COCNC(C)C(C)C. The normalized spacial score (nSPS) is 14.3. The van der Waals surface area contributed by atoms with Gasteiger partial charge in [-0.25, -0.2) is 0 Å². The lowest BCUT2D eigenvalue weighted by molar-refractivity contribution is 0.157. The van der Waals surface area contributed by atoms with E-state index in [-0.39, 0.29) is 0 Å². The van der Waals surface area contributed by atoms with Crippen LogP contribution < -0.4 is 5.32 Å². The van der Waals surface area contributed by atoms with E-state index in [0.29, 0.717) is 18.7 Å². The highest BCUT2D eigenvalue weighted by Crippen LogP contribution is 1.98. The molecule has 0 rings (SSSR count). The van der Waals surface area contributed by atoms with Gasteiger partial charge in [-0.15, -0.1) is 0 Å². The maximum absolute atomic E-state index is 4.85. The topological polar surface area (TPSA) is 21.3 Å². The largest absolute Gasteiger partial charge is 0.370 e. The van der Waals surface area contributed by atoms with Crippen molar-refractivity contribution in [1.82, 2.24) is 5.32 Å².